The first-order chi connectivity index (χ1) is 12.0. The molecule has 3 aromatic rings. The van der Waals surface area contributed by atoms with Gasteiger partial charge in [0.05, 0.1) is 22.2 Å². The molecule has 0 bridgehead atoms. The minimum Gasteiger partial charge on any atom is -0.223 e. The van der Waals surface area contributed by atoms with Crippen LogP contribution in [0.1, 0.15) is 24.1 Å². The number of rotatable bonds is 5. The molecule has 0 aliphatic carbocycles. The molecule has 0 saturated heterocycles. The Labute approximate surface area is 145 Å². The molecule has 25 heavy (non-hydrogen) atoms. The number of nitrogens with one attached hydrogen (secondary N) is 1. The zero-order valence-corrected chi connectivity index (χ0v) is 14.2. The maximum absolute atomic E-state index is 12.5. The first-order valence-electron chi connectivity index (χ1n) is 7.47. The summed E-state index contributed by atoms with van der Waals surface area (Å²) < 4.78 is 29.2. The SMILES string of the molecule is C[C@H](NS(=O)(=O)c1ccc(C#N)cc1)c1ccc(-n2cncn2)cc1. The van der Waals surface area contributed by atoms with E-state index in [1.165, 1.54) is 30.6 Å². The Hall–Kier alpha value is -3.02. The van der Waals surface area contributed by atoms with Gasteiger partial charge in [-0.1, -0.05) is 12.1 Å². The van der Waals surface area contributed by atoms with Gasteiger partial charge in [0.1, 0.15) is 12.7 Å². The summed E-state index contributed by atoms with van der Waals surface area (Å²) in [6.45, 7) is 1.77. The molecular weight excluding hydrogens is 338 g/mol. The van der Waals surface area contributed by atoms with Crippen molar-refractivity contribution in [3.8, 4) is 11.8 Å². The van der Waals surface area contributed by atoms with Crippen LogP contribution >= 0.6 is 0 Å². The lowest BCUT2D eigenvalue weighted by Crippen LogP contribution is -2.26. The van der Waals surface area contributed by atoms with E-state index in [-0.39, 0.29) is 4.90 Å². The molecule has 7 nitrogen and oxygen atoms in total. The maximum atomic E-state index is 12.5. The largest absolute Gasteiger partial charge is 0.241 e. The van der Waals surface area contributed by atoms with Crippen molar-refractivity contribution < 1.29 is 8.42 Å². The van der Waals surface area contributed by atoms with E-state index >= 15 is 0 Å². The Bertz CT molecular complexity index is 989. The Morgan fingerprint density at radius 2 is 1.80 bits per heavy atom. The highest BCUT2D eigenvalue weighted by atomic mass is 32.2. The zero-order valence-electron chi connectivity index (χ0n) is 13.4. The van der Waals surface area contributed by atoms with E-state index in [9.17, 15) is 8.42 Å². The highest BCUT2D eigenvalue weighted by Crippen LogP contribution is 2.19. The maximum Gasteiger partial charge on any atom is 0.241 e. The van der Waals surface area contributed by atoms with Gasteiger partial charge in [-0.3, -0.25) is 0 Å². The van der Waals surface area contributed by atoms with Crippen LogP contribution in [0.15, 0.2) is 66.1 Å². The van der Waals surface area contributed by atoms with Crippen molar-refractivity contribution in [3.63, 3.8) is 0 Å². The summed E-state index contributed by atoms with van der Waals surface area (Å²) in [5, 5.41) is 12.8. The molecule has 2 aromatic carbocycles. The number of benzene rings is 2. The van der Waals surface area contributed by atoms with Crippen molar-refractivity contribution in [3.05, 3.63) is 72.3 Å². The molecule has 1 heterocycles. The molecule has 126 valence electrons. The van der Waals surface area contributed by atoms with E-state index in [1.54, 1.807) is 17.9 Å². The smallest absolute Gasteiger partial charge is 0.223 e. The molecule has 0 amide bonds. The van der Waals surface area contributed by atoms with E-state index in [2.05, 4.69) is 14.8 Å². The van der Waals surface area contributed by atoms with Crippen LogP contribution in [-0.2, 0) is 10.0 Å². The minimum atomic E-state index is -3.67. The lowest BCUT2D eigenvalue weighted by Gasteiger charge is -2.15. The van der Waals surface area contributed by atoms with Crippen LogP contribution in [0.3, 0.4) is 0 Å². The Balaban J connectivity index is 1.76. The molecule has 0 aliphatic rings. The Morgan fingerprint density at radius 1 is 1.12 bits per heavy atom. The fourth-order valence-corrected chi connectivity index (χ4v) is 3.57. The van der Waals surface area contributed by atoms with E-state index < -0.39 is 16.1 Å². The number of hydrogen-bond acceptors (Lipinski definition) is 5. The van der Waals surface area contributed by atoms with Gasteiger partial charge < -0.3 is 0 Å². The standard InChI is InChI=1S/C17H15N5O2S/c1-13(15-4-6-16(7-5-15)22-12-19-11-20-22)21-25(23,24)17-8-2-14(10-18)3-9-17/h2-9,11-13,21H,1H3/t13-/m0/s1. The summed E-state index contributed by atoms with van der Waals surface area (Å²) >= 11 is 0. The van der Waals surface area contributed by atoms with Gasteiger partial charge in [0.2, 0.25) is 10.0 Å². The molecular formula is C17H15N5O2S. The predicted molar refractivity (Wildman–Crippen MR) is 91.3 cm³/mol. The third-order valence-corrected chi connectivity index (χ3v) is 5.26. The average Bonchev–Trinajstić information content (AvgIpc) is 3.16. The minimum absolute atomic E-state index is 0.123. The highest BCUT2D eigenvalue weighted by molar-refractivity contribution is 7.89. The van der Waals surface area contributed by atoms with Crippen molar-refractivity contribution in [2.24, 2.45) is 0 Å². The van der Waals surface area contributed by atoms with Crippen molar-refractivity contribution >= 4 is 10.0 Å². The summed E-state index contributed by atoms with van der Waals surface area (Å²) in [5.74, 6) is 0. The molecule has 3 rings (SSSR count). The number of sulfonamides is 1. The molecule has 0 spiro atoms. The second-order valence-electron chi connectivity index (χ2n) is 5.41. The van der Waals surface area contributed by atoms with Gasteiger partial charge >= 0.3 is 0 Å². The van der Waals surface area contributed by atoms with Gasteiger partial charge in [-0.05, 0) is 48.9 Å². The Morgan fingerprint density at radius 3 is 2.36 bits per heavy atom. The number of hydrogen-bond donors (Lipinski definition) is 1. The third kappa shape index (κ3) is 3.74. The molecule has 0 fully saturated rings. The molecule has 0 radical (unpaired) electrons. The van der Waals surface area contributed by atoms with Crippen LogP contribution in [0.2, 0.25) is 0 Å². The number of aromatic nitrogens is 3. The lowest BCUT2D eigenvalue weighted by molar-refractivity contribution is 0.567. The average molecular weight is 353 g/mol. The molecule has 8 heteroatoms. The van der Waals surface area contributed by atoms with Crippen LogP contribution < -0.4 is 4.72 Å². The first-order valence-corrected chi connectivity index (χ1v) is 8.95. The van der Waals surface area contributed by atoms with Crippen molar-refractivity contribution in [2.45, 2.75) is 17.9 Å². The van der Waals surface area contributed by atoms with Crippen molar-refractivity contribution in [1.29, 1.82) is 5.26 Å². The molecule has 0 saturated carbocycles. The van der Waals surface area contributed by atoms with Crippen LogP contribution in [0.5, 0.6) is 0 Å². The monoisotopic (exact) mass is 353 g/mol. The van der Waals surface area contributed by atoms with Gasteiger partial charge in [-0.2, -0.15) is 10.4 Å². The normalized spacial score (nSPS) is 12.5. The van der Waals surface area contributed by atoms with Crippen molar-refractivity contribution in [1.82, 2.24) is 19.5 Å². The molecule has 1 atom stereocenters. The van der Waals surface area contributed by atoms with Crippen molar-refractivity contribution in [2.75, 3.05) is 0 Å². The topological polar surface area (TPSA) is 101 Å². The second kappa shape index (κ2) is 6.84. The van der Waals surface area contributed by atoms with Crippen LogP contribution in [-0.4, -0.2) is 23.2 Å². The summed E-state index contributed by atoms with van der Waals surface area (Å²) in [6.07, 6.45) is 3.04. The van der Waals surface area contributed by atoms with Gasteiger partial charge in [0.15, 0.2) is 0 Å². The lowest BCUT2D eigenvalue weighted by atomic mass is 10.1. The van der Waals surface area contributed by atoms with Crippen LogP contribution in [0, 0.1) is 11.3 Å². The molecule has 0 unspecified atom stereocenters. The van der Waals surface area contributed by atoms with E-state index in [1.807, 2.05) is 30.3 Å². The summed E-state index contributed by atoms with van der Waals surface area (Å²) in [4.78, 5) is 4.01. The van der Waals surface area contributed by atoms with E-state index in [0.29, 0.717) is 5.56 Å². The van der Waals surface area contributed by atoms with Gasteiger partial charge in [0, 0.05) is 6.04 Å². The second-order valence-corrected chi connectivity index (χ2v) is 7.12. The van der Waals surface area contributed by atoms with Gasteiger partial charge in [-0.25, -0.2) is 22.8 Å². The fourth-order valence-electron chi connectivity index (χ4n) is 2.33. The zero-order chi connectivity index (χ0) is 17.9. The first kappa shape index (κ1) is 16.8. The van der Waals surface area contributed by atoms with Crippen LogP contribution in [0.4, 0.5) is 0 Å². The Kier molecular flexibility index (Phi) is 4.61. The molecule has 1 aromatic heterocycles. The third-order valence-electron chi connectivity index (χ3n) is 3.70. The number of nitrogens with zero attached hydrogens (tertiary/aromatic N) is 4. The molecule has 1 N–H and O–H groups in total. The predicted octanol–water partition coefficient (Wildman–Crippen LogP) is 2.18. The summed E-state index contributed by atoms with van der Waals surface area (Å²) in [6, 6.07) is 14.7. The van der Waals surface area contributed by atoms with E-state index in [4.69, 9.17) is 5.26 Å². The quantitative estimate of drug-likeness (QED) is 0.757. The van der Waals surface area contributed by atoms with Gasteiger partial charge in [-0.15, -0.1) is 0 Å². The molecule has 0 aliphatic heterocycles. The summed E-state index contributed by atoms with van der Waals surface area (Å²) in [5.41, 5.74) is 2.07. The van der Waals surface area contributed by atoms with Gasteiger partial charge in [0.25, 0.3) is 0 Å². The van der Waals surface area contributed by atoms with Crippen LogP contribution in [0.25, 0.3) is 5.69 Å². The van der Waals surface area contributed by atoms with E-state index in [0.717, 1.165) is 11.3 Å². The fraction of sp³-hybridized carbons (Fsp3) is 0.118. The number of nitriles is 1. The highest BCUT2D eigenvalue weighted by Gasteiger charge is 2.18. The summed E-state index contributed by atoms with van der Waals surface area (Å²) in [7, 11) is -3.67.